The van der Waals surface area contributed by atoms with E-state index >= 15 is 0 Å². The first kappa shape index (κ1) is 17.6. The number of hydrogen-bond acceptors (Lipinski definition) is 2. The highest BCUT2D eigenvalue weighted by molar-refractivity contribution is 6.53. The molecule has 2 aromatic rings. The molecule has 26 heavy (non-hydrogen) atoms. The van der Waals surface area contributed by atoms with Crippen LogP contribution in [0.3, 0.4) is 0 Å². The van der Waals surface area contributed by atoms with Crippen LogP contribution in [0.15, 0.2) is 42.5 Å². The Hall–Kier alpha value is -1.78. The van der Waals surface area contributed by atoms with Crippen LogP contribution in [0.4, 0.5) is 0 Å². The summed E-state index contributed by atoms with van der Waals surface area (Å²) in [7, 11) is 0. The number of halogens is 2. The second-order valence-corrected chi connectivity index (χ2v) is 8.81. The van der Waals surface area contributed by atoms with Gasteiger partial charge in [-0.25, -0.2) is 0 Å². The van der Waals surface area contributed by atoms with E-state index in [0.717, 1.165) is 10.8 Å². The molecule has 6 heteroatoms. The van der Waals surface area contributed by atoms with Crippen LogP contribution >= 0.6 is 23.2 Å². The molecule has 136 valence electrons. The first-order valence-electron chi connectivity index (χ1n) is 8.78. The van der Waals surface area contributed by atoms with Gasteiger partial charge >= 0.3 is 0 Å². The summed E-state index contributed by atoms with van der Waals surface area (Å²) in [6, 6.07) is 13.7. The minimum absolute atomic E-state index is 0.00978. The monoisotopic (exact) mass is 390 g/mol. The van der Waals surface area contributed by atoms with E-state index in [1.165, 1.54) is 0 Å². The van der Waals surface area contributed by atoms with Crippen molar-refractivity contribution in [2.45, 2.75) is 17.7 Å². The minimum Gasteiger partial charge on any atom is -0.339 e. The fraction of sp³-hybridized carbons (Fsp3) is 0.400. The van der Waals surface area contributed by atoms with Gasteiger partial charge in [-0.05, 0) is 30.2 Å². The van der Waals surface area contributed by atoms with Gasteiger partial charge in [0.25, 0.3) is 5.91 Å². The van der Waals surface area contributed by atoms with E-state index < -0.39 is 9.75 Å². The van der Waals surface area contributed by atoms with E-state index in [4.69, 9.17) is 23.2 Å². The summed E-state index contributed by atoms with van der Waals surface area (Å²) in [6.07, 6.45) is 0.483. The van der Waals surface area contributed by atoms with Gasteiger partial charge in [0.05, 0.1) is 5.41 Å². The average Bonchev–Trinajstić information content (AvgIpc) is 3.19. The summed E-state index contributed by atoms with van der Waals surface area (Å²) in [5, 5.41) is 2.01. The molecule has 0 bridgehead atoms. The Morgan fingerprint density at radius 3 is 2.15 bits per heavy atom. The van der Waals surface area contributed by atoms with Gasteiger partial charge < -0.3 is 9.80 Å². The Balaban J connectivity index is 1.46. The number of hydrogen-bond donors (Lipinski definition) is 0. The van der Waals surface area contributed by atoms with Crippen LogP contribution in [0, 0.1) is 5.41 Å². The summed E-state index contributed by atoms with van der Waals surface area (Å²) in [6.45, 7) is 3.86. The van der Waals surface area contributed by atoms with Crippen LogP contribution < -0.4 is 0 Å². The summed E-state index contributed by atoms with van der Waals surface area (Å²) >= 11 is 12.3. The van der Waals surface area contributed by atoms with Crippen molar-refractivity contribution in [3.63, 3.8) is 0 Å². The van der Waals surface area contributed by atoms with Crippen molar-refractivity contribution in [1.82, 2.24) is 9.80 Å². The lowest BCUT2D eigenvalue weighted by molar-refractivity contribution is -0.137. The molecule has 0 N–H and O–H groups in total. The summed E-state index contributed by atoms with van der Waals surface area (Å²) < 4.78 is -0.958. The van der Waals surface area contributed by atoms with Crippen molar-refractivity contribution < 1.29 is 9.59 Å². The largest absolute Gasteiger partial charge is 0.339 e. The van der Waals surface area contributed by atoms with E-state index in [9.17, 15) is 9.59 Å². The van der Waals surface area contributed by atoms with Crippen LogP contribution in [-0.2, 0) is 4.79 Å². The highest BCUT2D eigenvalue weighted by atomic mass is 35.5. The molecule has 0 aromatic heterocycles. The third-order valence-corrected chi connectivity index (χ3v) is 6.71. The molecule has 1 saturated carbocycles. The van der Waals surface area contributed by atoms with Crippen molar-refractivity contribution >= 4 is 45.8 Å². The van der Waals surface area contributed by atoms with Crippen LogP contribution in [0.1, 0.15) is 23.7 Å². The number of carbonyl (C=O) groups is 2. The highest BCUT2D eigenvalue weighted by Gasteiger charge is 2.68. The second-order valence-electron chi connectivity index (χ2n) is 7.32. The number of fused-ring (bicyclic) bond motifs is 1. The van der Waals surface area contributed by atoms with Gasteiger partial charge in [0.1, 0.15) is 4.33 Å². The molecular formula is C20H20Cl2N2O2. The molecule has 1 aliphatic carbocycles. The van der Waals surface area contributed by atoms with Gasteiger partial charge in [0.2, 0.25) is 5.91 Å². The molecule has 1 aliphatic heterocycles. The Morgan fingerprint density at radius 1 is 0.923 bits per heavy atom. The Morgan fingerprint density at radius 2 is 1.50 bits per heavy atom. The topological polar surface area (TPSA) is 40.6 Å². The van der Waals surface area contributed by atoms with E-state index in [1.54, 1.807) is 4.90 Å². The quantitative estimate of drug-likeness (QED) is 0.733. The van der Waals surface area contributed by atoms with Crippen LogP contribution in [0.5, 0.6) is 0 Å². The van der Waals surface area contributed by atoms with Gasteiger partial charge in [0.15, 0.2) is 0 Å². The molecule has 1 saturated heterocycles. The zero-order valence-corrected chi connectivity index (χ0v) is 16.1. The molecule has 0 radical (unpaired) electrons. The van der Waals surface area contributed by atoms with Crippen molar-refractivity contribution in [2.75, 3.05) is 26.2 Å². The zero-order valence-electron chi connectivity index (χ0n) is 14.5. The first-order chi connectivity index (χ1) is 12.3. The summed E-state index contributed by atoms with van der Waals surface area (Å²) in [4.78, 5) is 29.2. The fourth-order valence-corrected chi connectivity index (χ4v) is 4.37. The third-order valence-electron chi connectivity index (χ3n) is 5.60. The lowest BCUT2D eigenvalue weighted by atomic mass is 10.0. The van der Waals surface area contributed by atoms with Gasteiger partial charge in [-0.2, -0.15) is 0 Å². The van der Waals surface area contributed by atoms with E-state index in [2.05, 4.69) is 0 Å². The number of carbonyl (C=O) groups excluding carboxylic acids is 2. The minimum atomic E-state index is -0.958. The second kappa shape index (κ2) is 6.14. The highest BCUT2D eigenvalue weighted by Crippen LogP contribution is 2.64. The predicted octanol–water partition coefficient (Wildman–Crippen LogP) is 3.71. The third kappa shape index (κ3) is 2.76. The molecule has 1 atom stereocenters. The molecule has 2 amide bonds. The number of benzene rings is 2. The molecule has 2 aliphatic rings. The maximum absolute atomic E-state index is 13.0. The standard InChI is InChI=1S/C20H20Cl2N2O2/c1-19(13-20(19,21)22)18(26)24-11-9-23(10-12-24)17(25)16-8-4-6-14-5-2-3-7-15(14)16/h2-8H,9-13H2,1H3. The van der Waals surface area contributed by atoms with Gasteiger partial charge in [0, 0.05) is 31.7 Å². The molecule has 2 fully saturated rings. The van der Waals surface area contributed by atoms with Crippen LogP contribution in [0.2, 0.25) is 0 Å². The van der Waals surface area contributed by atoms with Gasteiger partial charge in [-0.1, -0.05) is 36.4 Å². The zero-order chi connectivity index (χ0) is 18.5. The Labute approximate surface area is 162 Å². The van der Waals surface area contributed by atoms with E-state index in [1.807, 2.05) is 54.3 Å². The average molecular weight is 391 g/mol. The van der Waals surface area contributed by atoms with Crippen LogP contribution in [-0.4, -0.2) is 52.1 Å². The predicted molar refractivity (Wildman–Crippen MR) is 104 cm³/mol. The number of piperazine rings is 1. The van der Waals surface area contributed by atoms with E-state index in [-0.39, 0.29) is 11.8 Å². The number of rotatable bonds is 2. The normalized spacial score (nSPS) is 24.6. The smallest absolute Gasteiger partial charge is 0.254 e. The molecule has 1 heterocycles. The lowest BCUT2D eigenvalue weighted by Gasteiger charge is -2.36. The van der Waals surface area contributed by atoms with Gasteiger partial charge in [-0.15, -0.1) is 23.2 Å². The van der Waals surface area contributed by atoms with E-state index in [0.29, 0.717) is 38.2 Å². The maximum atomic E-state index is 13.0. The fourth-order valence-electron chi connectivity index (χ4n) is 3.68. The molecule has 1 unspecified atom stereocenters. The first-order valence-corrected chi connectivity index (χ1v) is 9.53. The van der Waals surface area contributed by atoms with Crippen molar-refractivity contribution in [2.24, 2.45) is 5.41 Å². The maximum Gasteiger partial charge on any atom is 0.254 e. The molecular weight excluding hydrogens is 371 g/mol. The number of nitrogens with zero attached hydrogens (tertiary/aromatic N) is 2. The Bertz CT molecular complexity index is 885. The number of amides is 2. The van der Waals surface area contributed by atoms with Crippen molar-refractivity contribution in [3.05, 3.63) is 48.0 Å². The lowest BCUT2D eigenvalue weighted by Crippen LogP contribution is -2.52. The SMILES string of the molecule is CC1(C(=O)N2CCN(C(=O)c3cccc4ccccc34)CC2)CC1(Cl)Cl. The van der Waals surface area contributed by atoms with Gasteiger partial charge in [-0.3, -0.25) is 9.59 Å². The molecule has 2 aromatic carbocycles. The summed E-state index contributed by atoms with van der Waals surface area (Å²) in [5.74, 6) is -0.00433. The van der Waals surface area contributed by atoms with Crippen LogP contribution in [0.25, 0.3) is 10.8 Å². The summed E-state index contributed by atoms with van der Waals surface area (Å²) in [5.41, 5.74) is 0.00957. The molecule has 4 rings (SSSR count). The van der Waals surface area contributed by atoms with Crippen molar-refractivity contribution in [3.8, 4) is 0 Å². The Kier molecular flexibility index (Phi) is 4.16. The van der Waals surface area contributed by atoms with Crippen molar-refractivity contribution in [1.29, 1.82) is 0 Å². The number of alkyl halides is 2. The molecule has 0 spiro atoms. The molecule has 4 nitrogen and oxygen atoms in total.